The second-order valence-electron chi connectivity index (χ2n) is 6.81. The van der Waals surface area contributed by atoms with Crippen LogP contribution in [-0.4, -0.2) is 45.0 Å². The minimum absolute atomic E-state index is 0.0548. The molecule has 9 heteroatoms. The van der Waals surface area contributed by atoms with Gasteiger partial charge >= 0.3 is 5.97 Å². The smallest absolute Gasteiger partial charge is 0.310 e. The second kappa shape index (κ2) is 9.94. The van der Waals surface area contributed by atoms with Crippen LogP contribution in [0.3, 0.4) is 0 Å². The molecule has 7 nitrogen and oxygen atoms in total. The standard InChI is InChI=1S/C21H21ClN2O5S/c22-18-5-9-20(10-6-18)30(26,27)24-11-1-2-17(15-24)21(25)29-13-12-28-19-7-3-16(14-23)4-8-19/h3-10,17H,1-2,11-13,15H2/t17-/m0/s1. The lowest BCUT2D eigenvalue weighted by Crippen LogP contribution is -2.42. The van der Waals surface area contributed by atoms with E-state index in [2.05, 4.69) is 0 Å². The van der Waals surface area contributed by atoms with Crippen molar-refractivity contribution in [1.29, 1.82) is 5.26 Å². The van der Waals surface area contributed by atoms with Crippen LogP contribution in [0.25, 0.3) is 0 Å². The van der Waals surface area contributed by atoms with Crippen LogP contribution >= 0.6 is 11.6 Å². The highest BCUT2D eigenvalue weighted by Gasteiger charge is 2.34. The first-order valence-corrected chi connectivity index (χ1v) is 11.3. The van der Waals surface area contributed by atoms with Gasteiger partial charge in [-0.2, -0.15) is 9.57 Å². The molecule has 1 aliphatic heterocycles. The van der Waals surface area contributed by atoms with Crippen LogP contribution in [0.4, 0.5) is 0 Å². The Balaban J connectivity index is 1.50. The number of halogens is 1. The SMILES string of the molecule is N#Cc1ccc(OCCOC(=O)[C@H]2CCCN(S(=O)(=O)c3ccc(Cl)cc3)C2)cc1. The molecule has 0 aromatic heterocycles. The summed E-state index contributed by atoms with van der Waals surface area (Å²) in [6.45, 7) is 0.660. The van der Waals surface area contributed by atoms with E-state index in [1.165, 1.54) is 28.6 Å². The number of rotatable bonds is 7. The predicted molar refractivity (Wildman–Crippen MR) is 111 cm³/mol. The van der Waals surface area contributed by atoms with Gasteiger partial charge in [0.2, 0.25) is 10.0 Å². The minimum atomic E-state index is -3.69. The summed E-state index contributed by atoms with van der Waals surface area (Å²) < 4.78 is 37.7. The molecule has 0 amide bonds. The molecule has 1 heterocycles. The van der Waals surface area contributed by atoms with Gasteiger partial charge in [-0.25, -0.2) is 8.42 Å². The van der Waals surface area contributed by atoms with Crippen molar-refractivity contribution >= 4 is 27.6 Å². The number of ether oxygens (including phenoxy) is 2. The number of carbonyl (C=O) groups is 1. The molecule has 0 unspecified atom stereocenters. The molecule has 1 aliphatic rings. The molecule has 30 heavy (non-hydrogen) atoms. The average Bonchev–Trinajstić information content (AvgIpc) is 2.77. The molecule has 2 aromatic carbocycles. The first-order valence-electron chi connectivity index (χ1n) is 9.45. The maximum atomic E-state index is 12.8. The molecular weight excluding hydrogens is 428 g/mol. The second-order valence-corrected chi connectivity index (χ2v) is 9.18. The van der Waals surface area contributed by atoms with Crippen molar-refractivity contribution in [2.45, 2.75) is 17.7 Å². The maximum Gasteiger partial charge on any atom is 0.310 e. The van der Waals surface area contributed by atoms with Crippen LogP contribution in [0.15, 0.2) is 53.4 Å². The van der Waals surface area contributed by atoms with E-state index in [0.29, 0.717) is 35.7 Å². The highest BCUT2D eigenvalue weighted by Crippen LogP contribution is 2.25. The van der Waals surface area contributed by atoms with Crippen molar-refractivity contribution in [3.8, 4) is 11.8 Å². The third-order valence-corrected chi connectivity index (χ3v) is 6.88. The molecule has 1 atom stereocenters. The van der Waals surface area contributed by atoms with Crippen LogP contribution in [0.2, 0.25) is 5.02 Å². The largest absolute Gasteiger partial charge is 0.490 e. The van der Waals surface area contributed by atoms with Gasteiger partial charge < -0.3 is 9.47 Å². The summed E-state index contributed by atoms with van der Waals surface area (Å²) in [5.74, 6) is -0.381. The third-order valence-electron chi connectivity index (χ3n) is 4.75. The van der Waals surface area contributed by atoms with Gasteiger partial charge in [-0.15, -0.1) is 0 Å². The van der Waals surface area contributed by atoms with Gasteiger partial charge in [-0.1, -0.05) is 11.6 Å². The number of esters is 1. The molecular formula is C21H21ClN2O5S. The Kier molecular flexibility index (Phi) is 7.32. The van der Waals surface area contributed by atoms with Gasteiger partial charge in [-0.3, -0.25) is 4.79 Å². The zero-order valence-corrected chi connectivity index (χ0v) is 17.7. The number of benzene rings is 2. The van der Waals surface area contributed by atoms with Crippen LogP contribution in [0, 0.1) is 17.2 Å². The summed E-state index contributed by atoms with van der Waals surface area (Å²) in [5, 5.41) is 9.23. The van der Waals surface area contributed by atoms with Crippen molar-refractivity contribution in [3.05, 3.63) is 59.1 Å². The fourth-order valence-corrected chi connectivity index (χ4v) is 4.80. The van der Waals surface area contributed by atoms with E-state index in [-0.39, 0.29) is 24.7 Å². The molecule has 1 fully saturated rings. The number of hydrogen-bond donors (Lipinski definition) is 0. The lowest BCUT2D eigenvalue weighted by Gasteiger charge is -2.30. The average molecular weight is 449 g/mol. The van der Waals surface area contributed by atoms with Gasteiger partial charge in [0.15, 0.2) is 0 Å². The highest BCUT2D eigenvalue weighted by atomic mass is 35.5. The molecule has 0 radical (unpaired) electrons. The van der Waals surface area contributed by atoms with E-state index in [0.717, 1.165) is 0 Å². The highest BCUT2D eigenvalue weighted by molar-refractivity contribution is 7.89. The van der Waals surface area contributed by atoms with Crippen LogP contribution in [0.5, 0.6) is 5.75 Å². The number of carbonyl (C=O) groups excluding carboxylic acids is 1. The van der Waals surface area contributed by atoms with Gasteiger partial charge in [0, 0.05) is 18.1 Å². The zero-order valence-electron chi connectivity index (χ0n) is 16.2. The van der Waals surface area contributed by atoms with E-state index >= 15 is 0 Å². The topological polar surface area (TPSA) is 96.7 Å². The fraction of sp³-hybridized carbons (Fsp3) is 0.333. The van der Waals surface area contributed by atoms with Crippen LogP contribution in [0.1, 0.15) is 18.4 Å². The van der Waals surface area contributed by atoms with Crippen LogP contribution in [-0.2, 0) is 19.6 Å². The lowest BCUT2D eigenvalue weighted by molar-refractivity contribution is -0.150. The lowest BCUT2D eigenvalue weighted by atomic mass is 10.0. The first-order chi connectivity index (χ1) is 14.4. The van der Waals surface area contributed by atoms with Gasteiger partial charge in [0.25, 0.3) is 0 Å². The van der Waals surface area contributed by atoms with Crippen molar-refractivity contribution < 1.29 is 22.7 Å². The molecule has 0 N–H and O–H groups in total. The Morgan fingerprint density at radius 1 is 1.13 bits per heavy atom. The Hall–Kier alpha value is -2.60. The Labute approximate surface area is 180 Å². The summed E-state index contributed by atoms with van der Waals surface area (Å²) >= 11 is 5.83. The molecule has 158 valence electrons. The number of nitriles is 1. The monoisotopic (exact) mass is 448 g/mol. The van der Waals surface area contributed by atoms with E-state index < -0.39 is 21.9 Å². The molecule has 2 aromatic rings. The predicted octanol–water partition coefficient (Wildman–Crippen LogP) is 3.23. The van der Waals surface area contributed by atoms with E-state index in [1.54, 1.807) is 24.3 Å². The number of piperidine rings is 1. The summed E-state index contributed by atoms with van der Waals surface area (Å²) in [6, 6.07) is 14.6. The molecule has 3 rings (SSSR count). The molecule has 1 saturated heterocycles. The van der Waals surface area contributed by atoms with Gasteiger partial charge in [0.1, 0.15) is 19.0 Å². The molecule has 0 bridgehead atoms. The Bertz CT molecular complexity index is 1020. The summed E-state index contributed by atoms with van der Waals surface area (Å²) in [6.07, 6.45) is 1.15. The minimum Gasteiger partial charge on any atom is -0.490 e. The van der Waals surface area contributed by atoms with Crippen molar-refractivity contribution in [2.24, 2.45) is 5.92 Å². The molecule has 0 saturated carbocycles. The Morgan fingerprint density at radius 3 is 2.50 bits per heavy atom. The summed E-state index contributed by atoms with van der Waals surface area (Å²) in [5.41, 5.74) is 0.532. The first kappa shape index (κ1) is 22.1. The van der Waals surface area contributed by atoms with Crippen molar-refractivity contribution in [2.75, 3.05) is 26.3 Å². The summed E-state index contributed by atoms with van der Waals surface area (Å²) in [7, 11) is -3.69. The normalized spacial score (nSPS) is 17.1. The zero-order chi connectivity index (χ0) is 21.6. The molecule has 0 spiro atoms. The molecule has 0 aliphatic carbocycles. The van der Waals surface area contributed by atoms with Gasteiger partial charge in [0.05, 0.1) is 22.4 Å². The van der Waals surface area contributed by atoms with E-state index in [1.807, 2.05) is 6.07 Å². The van der Waals surface area contributed by atoms with Crippen molar-refractivity contribution in [3.63, 3.8) is 0 Å². The summed E-state index contributed by atoms with van der Waals surface area (Å²) in [4.78, 5) is 12.5. The number of hydrogen-bond acceptors (Lipinski definition) is 6. The number of sulfonamides is 1. The fourth-order valence-electron chi connectivity index (χ4n) is 3.15. The van der Waals surface area contributed by atoms with Gasteiger partial charge in [-0.05, 0) is 61.4 Å². The van der Waals surface area contributed by atoms with E-state index in [9.17, 15) is 13.2 Å². The van der Waals surface area contributed by atoms with Crippen LogP contribution < -0.4 is 4.74 Å². The number of nitrogens with zero attached hydrogens (tertiary/aromatic N) is 2. The van der Waals surface area contributed by atoms with E-state index in [4.69, 9.17) is 26.3 Å². The quantitative estimate of drug-likeness (QED) is 0.476. The Morgan fingerprint density at radius 2 is 1.83 bits per heavy atom. The maximum absolute atomic E-state index is 12.8. The third kappa shape index (κ3) is 5.51. The van der Waals surface area contributed by atoms with Crippen molar-refractivity contribution in [1.82, 2.24) is 4.31 Å².